The molecule has 0 radical (unpaired) electrons. The van der Waals surface area contributed by atoms with Gasteiger partial charge in [0.25, 0.3) is 0 Å². The summed E-state index contributed by atoms with van der Waals surface area (Å²) < 4.78 is 16.1. The van der Waals surface area contributed by atoms with Crippen molar-refractivity contribution in [3.63, 3.8) is 0 Å². The number of halogens is 1. The lowest BCUT2D eigenvalue weighted by atomic mass is 10.0. The molecule has 2 aliphatic rings. The second-order valence-electron chi connectivity index (χ2n) is 7.09. The monoisotopic (exact) mass is 328 g/mol. The van der Waals surface area contributed by atoms with Crippen LogP contribution in [0, 0.1) is 11.7 Å². The van der Waals surface area contributed by atoms with Gasteiger partial charge in [-0.05, 0) is 43.7 Å². The average molecular weight is 328 g/mol. The summed E-state index contributed by atoms with van der Waals surface area (Å²) in [5.74, 6) is 1.75. The molecule has 0 amide bonds. The molecule has 1 saturated heterocycles. The van der Waals surface area contributed by atoms with Crippen molar-refractivity contribution in [1.29, 1.82) is 0 Å². The predicted molar refractivity (Wildman–Crippen MR) is 93.4 cm³/mol. The lowest BCUT2D eigenvalue weighted by Gasteiger charge is -2.36. The van der Waals surface area contributed by atoms with E-state index in [0.717, 1.165) is 43.4 Å². The first-order chi connectivity index (χ1) is 11.7. The van der Waals surface area contributed by atoms with Crippen molar-refractivity contribution in [3.8, 4) is 0 Å². The Bertz CT molecular complexity index is 686. The van der Waals surface area contributed by atoms with Crippen LogP contribution in [0.4, 0.5) is 10.1 Å². The molecule has 1 aromatic carbocycles. The number of aromatic nitrogens is 2. The SMILES string of the molecule is Cn1ccnc1[C@H](NC1CCN(c2ccccc2F)CC1)C1CC1. The molecule has 2 fully saturated rings. The quantitative estimate of drug-likeness (QED) is 0.914. The Kier molecular flexibility index (Phi) is 4.27. The van der Waals surface area contributed by atoms with Crippen LogP contribution in [0.15, 0.2) is 36.7 Å². The molecule has 0 spiro atoms. The summed E-state index contributed by atoms with van der Waals surface area (Å²) in [5, 5.41) is 3.84. The minimum atomic E-state index is -0.118. The number of benzene rings is 1. The number of piperidine rings is 1. The number of para-hydroxylation sites is 1. The fraction of sp³-hybridized carbons (Fsp3) is 0.526. The van der Waals surface area contributed by atoms with E-state index in [1.165, 1.54) is 12.8 Å². The van der Waals surface area contributed by atoms with Gasteiger partial charge in [0.2, 0.25) is 0 Å². The molecule has 0 unspecified atom stereocenters. The smallest absolute Gasteiger partial charge is 0.146 e. The summed E-state index contributed by atoms with van der Waals surface area (Å²) in [5.41, 5.74) is 0.735. The molecule has 2 aromatic rings. The third-order valence-electron chi connectivity index (χ3n) is 5.33. The van der Waals surface area contributed by atoms with Gasteiger partial charge in [-0.15, -0.1) is 0 Å². The average Bonchev–Trinajstić information content (AvgIpc) is 3.35. The first kappa shape index (κ1) is 15.6. The van der Waals surface area contributed by atoms with Crippen LogP contribution in [0.2, 0.25) is 0 Å². The molecular formula is C19H25FN4. The Hall–Kier alpha value is -1.88. The van der Waals surface area contributed by atoms with Crippen molar-refractivity contribution in [2.45, 2.75) is 37.8 Å². The summed E-state index contributed by atoms with van der Waals surface area (Å²) in [6.07, 6.45) is 8.57. The predicted octanol–water partition coefficient (Wildman–Crippen LogP) is 3.27. The van der Waals surface area contributed by atoms with E-state index in [-0.39, 0.29) is 5.82 Å². The van der Waals surface area contributed by atoms with Gasteiger partial charge in [0.1, 0.15) is 11.6 Å². The molecule has 2 heterocycles. The number of rotatable bonds is 5. The summed E-state index contributed by atoms with van der Waals surface area (Å²) in [7, 11) is 2.07. The molecule has 1 aliphatic carbocycles. The highest BCUT2D eigenvalue weighted by molar-refractivity contribution is 5.47. The van der Waals surface area contributed by atoms with E-state index in [0.29, 0.717) is 12.1 Å². The number of imidazole rings is 1. The zero-order valence-corrected chi connectivity index (χ0v) is 14.2. The van der Waals surface area contributed by atoms with Crippen LogP contribution >= 0.6 is 0 Å². The van der Waals surface area contributed by atoms with Gasteiger partial charge in [0, 0.05) is 38.6 Å². The normalized spacial score (nSPS) is 20.3. The number of hydrogen-bond acceptors (Lipinski definition) is 3. The highest BCUT2D eigenvalue weighted by atomic mass is 19.1. The van der Waals surface area contributed by atoms with Gasteiger partial charge in [-0.3, -0.25) is 0 Å². The van der Waals surface area contributed by atoms with Crippen molar-refractivity contribution < 1.29 is 4.39 Å². The molecule has 4 rings (SSSR count). The maximum Gasteiger partial charge on any atom is 0.146 e. The Morgan fingerprint density at radius 1 is 1.17 bits per heavy atom. The van der Waals surface area contributed by atoms with E-state index in [4.69, 9.17) is 0 Å². The van der Waals surface area contributed by atoms with Crippen molar-refractivity contribution in [3.05, 3.63) is 48.3 Å². The summed E-state index contributed by atoms with van der Waals surface area (Å²) in [6.45, 7) is 1.80. The standard InChI is InChI=1S/C19H25FN4/c1-23-13-10-21-19(23)18(14-6-7-14)22-15-8-11-24(12-9-15)17-5-3-2-4-16(17)20/h2-5,10,13-15,18,22H,6-9,11-12H2,1H3/t18-/m1/s1. The number of aryl methyl sites for hydroxylation is 1. The van der Waals surface area contributed by atoms with Gasteiger partial charge in [-0.1, -0.05) is 12.1 Å². The molecule has 5 heteroatoms. The Morgan fingerprint density at radius 3 is 2.54 bits per heavy atom. The van der Waals surface area contributed by atoms with E-state index in [9.17, 15) is 4.39 Å². The van der Waals surface area contributed by atoms with Crippen LogP contribution in [0.3, 0.4) is 0 Å². The zero-order valence-electron chi connectivity index (χ0n) is 14.2. The molecule has 1 atom stereocenters. The van der Waals surface area contributed by atoms with Crippen molar-refractivity contribution >= 4 is 5.69 Å². The minimum absolute atomic E-state index is 0.118. The third kappa shape index (κ3) is 3.18. The van der Waals surface area contributed by atoms with Crippen LogP contribution in [0.25, 0.3) is 0 Å². The largest absolute Gasteiger partial charge is 0.369 e. The third-order valence-corrected chi connectivity index (χ3v) is 5.33. The maximum absolute atomic E-state index is 14.0. The second-order valence-corrected chi connectivity index (χ2v) is 7.09. The second kappa shape index (κ2) is 6.55. The van der Waals surface area contributed by atoms with Gasteiger partial charge < -0.3 is 14.8 Å². The first-order valence-corrected chi connectivity index (χ1v) is 8.95. The van der Waals surface area contributed by atoms with Crippen LogP contribution in [0.5, 0.6) is 0 Å². The summed E-state index contributed by atoms with van der Waals surface area (Å²) >= 11 is 0. The van der Waals surface area contributed by atoms with E-state index < -0.39 is 0 Å². The van der Waals surface area contributed by atoms with Gasteiger partial charge in [0.05, 0.1) is 11.7 Å². The maximum atomic E-state index is 14.0. The molecule has 0 bridgehead atoms. The van der Waals surface area contributed by atoms with Crippen LogP contribution < -0.4 is 10.2 Å². The lowest BCUT2D eigenvalue weighted by Crippen LogP contribution is -2.44. The lowest BCUT2D eigenvalue weighted by molar-refractivity contribution is 0.336. The number of anilines is 1. The fourth-order valence-corrected chi connectivity index (χ4v) is 3.78. The van der Waals surface area contributed by atoms with Crippen molar-refractivity contribution in [2.24, 2.45) is 13.0 Å². The Morgan fingerprint density at radius 2 is 1.92 bits per heavy atom. The van der Waals surface area contributed by atoms with E-state index in [1.54, 1.807) is 12.1 Å². The fourth-order valence-electron chi connectivity index (χ4n) is 3.78. The highest BCUT2D eigenvalue weighted by Crippen LogP contribution is 2.41. The molecule has 1 aromatic heterocycles. The van der Waals surface area contributed by atoms with E-state index in [2.05, 4.69) is 26.8 Å². The summed E-state index contributed by atoms with van der Waals surface area (Å²) in [6, 6.07) is 7.92. The molecule has 4 nitrogen and oxygen atoms in total. The molecule has 24 heavy (non-hydrogen) atoms. The van der Waals surface area contributed by atoms with Crippen LogP contribution in [-0.2, 0) is 7.05 Å². The summed E-state index contributed by atoms with van der Waals surface area (Å²) in [4.78, 5) is 6.72. The van der Waals surface area contributed by atoms with Crippen molar-refractivity contribution in [1.82, 2.24) is 14.9 Å². The number of hydrogen-bond donors (Lipinski definition) is 1. The van der Waals surface area contributed by atoms with Crippen molar-refractivity contribution in [2.75, 3.05) is 18.0 Å². The number of nitrogens with zero attached hydrogens (tertiary/aromatic N) is 3. The van der Waals surface area contributed by atoms with Gasteiger partial charge in [0.15, 0.2) is 0 Å². The van der Waals surface area contributed by atoms with Crippen LogP contribution in [-0.4, -0.2) is 28.7 Å². The molecule has 1 aliphatic heterocycles. The topological polar surface area (TPSA) is 33.1 Å². The highest BCUT2D eigenvalue weighted by Gasteiger charge is 2.36. The first-order valence-electron chi connectivity index (χ1n) is 8.95. The number of nitrogens with one attached hydrogen (secondary N) is 1. The molecular weight excluding hydrogens is 303 g/mol. The van der Waals surface area contributed by atoms with Gasteiger partial charge in [-0.2, -0.15) is 0 Å². The Labute approximate surface area is 142 Å². The molecule has 128 valence electrons. The molecule has 1 saturated carbocycles. The van der Waals surface area contributed by atoms with Gasteiger partial charge in [-0.25, -0.2) is 9.37 Å². The Balaban J connectivity index is 1.39. The minimum Gasteiger partial charge on any atom is -0.369 e. The van der Waals surface area contributed by atoms with Gasteiger partial charge >= 0.3 is 0 Å². The van der Waals surface area contributed by atoms with E-state index in [1.807, 2.05) is 24.5 Å². The van der Waals surface area contributed by atoms with Crippen LogP contribution in [0.1, 0.15) is 37.5 Å². The molecule has 1 N–H and O–H groups in total. The van der Waals surface area contributed by atoms with E-state index >= 15 is 0 Å². The zero-order chi connectivity index (χ0) is 16.5.